The quantitative estimate of drug-likeness (QED) is 0.348. The molecule has 0 aromatic heterocycles. The standard InChI is InChI=1S/C17H36O/c1-4-5-6-7-8-9-10-11-12-13-15-18-16-14-17(2)3/h17H,4-16H2,1-3H3. The molecule has 0 saturated heterocycles. The first kappa shape index (κ1) is 18.0. The lowest BCUT2D eigenvalue weighted by Gasteiger charge is -2.06. The van der Waals surface area contributed by atoms with Crippen LogP contribution in [0.3, 0.4) is 0 Å². The van der Waals surface area contributed by atoms with Crippen molar-refractivity contribution in [3.05, 3.63) is 0 Å². The van der Waals surface area contributed by atoms with Gasteiger partial charge in [0, 0.05) is 13.2 Å². The third kappa shape index (κ3) is 16.0. The molecule has 0 bridgehead atoms. The fourth-order valence-electron chi connectivity index (χ4n) is 2.11. The summed E-state index contributed by atoms with van der Waals surface area (Å²) in [5, 5.41) is 0. The van der Waals surface area contributed by atoms with Crippen LogP contribution >= 0.6 is 0 Å². The normalized spacial score (nSPS) is 11.3. The minimum Gasteiger partial charge on any atom is -0.381 e. The van der Waals surface area contributed by atoms with E-state index < -0.39 is 0 Å². The van der Waals surface area contributed by atoms with Gasteiger partial charge >= 0.3 is 0 Å². The van der Waals surface area contributed by atoms with Crippen molar-refractivity contribution in [3.63, 3.8) is 0 Å². The van der Waals surface area contributed by atoms with Gasteiger partial charge in [-0.05, 0) is 18.8 Å². The van der Waals surface area contributed by atoms with Gasteiger partial charge in [-0.2, -0.15) is 0 Å². The number of rotatable bonds is 14. The average molecular weight is 256 g/mol. The van der Waals surface area contributed by atoms with Crippen LogP contribution in [0.25, 0.3) is 0 Å². The van der Waals surface area contributed by atoms with Gasteiger partial charge in [0.15, 0.2) is 0 Å². The van der Waals surface area contributed by atoms with Gasteiger partial charge in [-0.15, -0.1) is 0 Å². The van der Waals surface area contributed by atoms with Gasteiger partial charge in [-0.1, -0.05) is 78.6 Å². The van der Waals surface area contributed by atoms with E-state index in [0.29, 0.717) is 0 Å². The van der Waals surface area contributed by atoms with E-state index in [2.05, 4.69) is 20.8 Å². The van der Waals surface area contributed by atoms with E-state index in [-0.39, 0.29) is 0 Å². The van der Waals surface area contributed by atoms with E-state index >= 15 is 0 Å². The molecule has 0 unspecified atom stereocenters. The van der Waals surface area contributed by atoms with E-state index in [1.54, 1.807) is 0 Å². The summed E-state index contributed by atoms with van der Waals surface area (Å²) in [6, 6.07) is 0. The lowest BCUT2D eigenvalue weighted by molar-refractivity contribution is 0.119. The van der Waals surface area contributed by atoms with E-state index in [9.17, 15) is 0 Å². The van der Waals surface area contributed by atoms with Crippen LogP contribution in [-0.2, 0) is 4.74 Å². The molecule has 0 aromatic carbocycles. The maximum atomic E-state index is 5.62. The van der Waals surface area contributed by atoms with E-state index in [4.69, 9.17) is 4.74 Å². The van der Waals surface area contributed by atoms with Gasteiger partial charge in [0.2, 0.25) is 0 Å². The first-order valence-corrected chi connectivity index (χ1v) is 8.35. The van der Waals surface area contributed by atoms with Gasteiger partial charge in [0.1, 0.15) is 0 Å². The molecule has 0 rings (SSSR count). The fourth-order valence-corrected chi connectivity index (χ4v) is 2.11. The summed E-state index contributed by atoms with van der Waals surface area (Å²) in [5.41, 5.74) is 0. The van der Waals surface area contributed by atoms with Crippen molar-refractivity contribution in [1.29, 1.82) is 0 Å². The van der Waals surface area contributed by atoms with E-state index in [1.165, 1.54) is 70.6 Å². The zero-order valence-electron chi connectivity index (χ0n) is 13.2. The summed E-state index contributed by atoms with van der Waals surface area (Å²) in [5.74, 6) is 0.776. The zero-order chi connectivity index (χ0) is 13.5. The highest BCUT2D eigenvalue weighted by molar-refractivity contribution is 4.48. The third-order valence-electron chi connectivity index (χ3n) is 3.48. The van der Waals surface area contributed by atoms with E-state index in [0.717, 1.165) is 19.1 Å². The second-order valence-electron chi connectivity index (χ2n) is 5.98. The second kappa shape index (κ2) is 15.0. The minimum atomic E-state index is 0.776. The fraction of sp³-hybridized carbons (Fsp3) is 1.00. The number of unbranched alkanes of at least 4 members (excludes halogenated alkanes) is 9. The summed E-state index contributed by atoms with van der Waals surface area (Å²) in [6.07, 6.45) is 15.2. The Bertz CT molecular complexity index is 143. The maximum Gasteiger partial charge on any atom is 0.0468 e. The average Bonchev–Trinajstić information content (AvgIpc) is 2.34. The molecule has 0 amide bonds. The van der Waals surface area contributed by atoms with Crippen molar-refractivity contribution in [2.45, 2.75) is 91.4 Å². The Morgan fingerprint density at radius 1 is 0.667 bits per heavy atom. The lowest BCUT2D eigenvalue weighted by Crippen LogP contribution is -2.00. The summed E-state index contributed by atoms with van der Waals surface area (Å²) < 4.78 is 5.62. The number of hydrogen-bond acceptors (Lipinski definition) is 1. The van der Waals surface area contributed by atoms with Crippen LogP contribution in [0.4, 0.5) is 0 Å². The van der Waals surface area contributed by atoms with Gasteiger partial charge in [-0.25, -0.2) is 0 Å². The van der Waals surface area contributed by atoms with Crippen LogP contribution in [0.1, 0.15) is 91.4 Å². The summed E-state index contributed by atoms with van der Waals surface area (Å²) >= 11 is 0. The van der Waals surface area contributed by atoms with Gasteiger partial charge in [-0.3, -0.25) is 0 Å². The van der Waals surface area contributed by atoms with Crippen LogP contribution < -0.4 is 0 Å². The van der Waals surface area contributed by atoms with Crippen molar-refractivity contribution < 1.29 is 4.74 Å². The largest absolute Gasteiger partial charge is 0.381 e. The Morgan fingerprint density at radius 2 is 1.17 bits per heavy atom. The molecule has 1 heteroatoms. The van der Waals surface area contributed by atoms with Gasteiger partial charge in [0.05, 0.1) is 0 Å². The SMILES string of the molecule is CCCCCCCCCCCCOCCC(C)C. The highest BCUT2D eigenvalue weighted by Gasteiger charge is 1.95. The summed E-state index contributed by atoms with van der Waals surface area (Å²) in [6.45, 7) is 8.72. The van der Waals surface area contributed by atoms with Crippen molar-refractivity contribution in [3.8, 4) is 0 Å². The molecular formula is C17H36O. The summed E-state index contributed by atoms with van der Waals surface area (Å²) in [4.78, 5) is 0. The lowest BCUT2D eigenvalue weighted by atomic mass is 10.1. The Balaban J connectivity index is 2.90. The predicted octanol–water partition coefficient (Wildman–Crippen LogP) is 5.97. The van der Waals surface area contributed by atoms with E-state index in [1.807, 2.05) is 0 Å². The molecule has 1 nitrogen and oxygen atoms in total. The Morgan fingerprint density at radius 3 is 1.67 bits per heavy atom. The van der Waals surface area contributed by atoms with Crippen molar-refractivity contribution in [2.24, 2.45) is 5.92 Å². The summed E-state index contributed by atoms with van der Waals surface area (Å²) in [7, 11) is 0. The Hall–Kier alpha value is -0.0400. The van der Waals surface area contributed by atoms with Crippen molar-refractivity contribution >= 4 is 0 Å². The molecule has 0 aromatic rings. The first-order chi connectivity index (χ1) is 8.77. The van der Waals surface area contributed by atoms with Crippen molar-refractivity contribution in [2.75, 3.05) is 13.2 Å². The highest BCUT2D eigenvalue weighted by atomic mass is 16.5. The Kier molecular flexibility index (Phi) is 15.0. The second-order valence-corrected chi connectivity index (χ2v) is 5.98. The van der Waals surface area contributed by atoms with Crippen LogP contribution in [0.15, 0.2) is 0 Å². The van der Waals surface area contributed by atoms with Crippen LogP contribution in [0, 0.1) is 5.92 Å². The molecule has 0 aliphatic carbocycles. The molecule has 0 aliphatic rings. The number of hydrogen-bond donors (Lipinski definition) is 0. The predicted molar refractivity (Wildman–Crippen MR) is 82.1 cm³/mol. The number of ether oxygens (including phenoxy) is 1. The molecule has 0 radical (unpaired) electrons. The molecule has 0 fully saturated rings. The molecule has 0 atom stereocenters. The Labute approximate surface area is 116 Å². The third-order valence-corrected chi connectivity index (χ3v) is 3.48. The molecule has 0 N–H and O–H groups in total. The molecular weight excluding hydrogens is 220 g/mol. The maximum absolute atomic E-state index is 5.62. The zero-order valence-corrected chi connectivity index (χ0v) is 13.2. The molecule has 0 spiro atoms. The van der Waals surface area contributed by atoms with Crippen LogP contribution in [0.5, 0.6) is 0 Å². The minimum absolute atomic E-state index is 0.776. The molecule has 110 valence electrons. The molecule has 0 heterocycles. The smallest absolute Gasteiger partial charge is 0.0468 e. The van der Waals surface area contributed by atoms with Crippen LogP contribution in [-0.4, -0.2) is 13.2 Å². The van der Waals surface area contributed by atoms with Gasteiger partial charge < -0.3 is 4.74 Å². The monoisotopic (exact) mass is 256 g/mol. The molecule has 0 aliphatic heterocycles. The molecule has 18 heavy (non-hydrogen) atoms. The topological polar surface area (TPSA) is 9.23 Å². The van der Waals surface area contributed by atoms with Gasteiger partial charge in [0.25, 0.3) is 0 Å². The van der Waals surface area contributed by atoms with Crippen LogP contribution in [0.2, 0.25) is 0 Å². The van der Waals surface area contributed by atoms with Crippen molar-refractivity contribution in [1.82, 2.24) is 0 Å². The highest BCUT2D eigenvalue weighted by Crippen LogP contribution is 2.10. The first-order valence-electron chi connectivity index (χ1n) is 8.35. The molecule has 0 saturated carbocycles.